The van der Waals surface area contributed by atoms with Crippen LogP contribution < -0.4 is 10.5 Å². The lowest BCUT2D eigenvalue weighted by Crippen LogP contribution is -2.49. The number of ether oxygens (including phenoxy) is 1. The Hall–Kier alpha value is -1.67. The average molecular weight is 378 g/mol. The number of anilines is 1. The van der Waals surface area contributed by atoms with Gasteiger partial charge < -0.3 is 9.64 Å². The summed E-state index contributed by atoms with van der Waals surface area (Å²) < 4.78 is 5.40. The van der Waals surface area contributed by atoms with E-state index < -0.39 is 0 Å². The van der Waals surface area contributed by atoms with Gasteiger partial charge in [0.15, 0.2) is 5.15 Å². The third-order valence-corrected chi connectivity index (χ3v) is 5.59. The Bertz CT molecular complexity index is 813. The van der Waals surface area contributed by atoms with Crippen molar-refractivity contribution in [1.29, 1.82) is 0 Å². The second kappa shape index (κ2) is 7.92. The highest BCUT2D eigenvalue weighted by atomic mass is 35.5. The molecule has 3 heterocycles. The molecule has 2 fully saturated rings. The van der Waals surface area contributed by atoms with Crippen molar-refractivity contribution in [2.75, 3.05) is 70.5 Å². The van der Waals surface area contributed by atoms with E-state index in [1.807, 2.05) is 18.2 Å². The van der Waals surface area contributed by atoms with Gasteiger partial charge in [0.2, 0.25) is 0 Å². The summed E-state index contributed by atoms with van der Waals surface area (Å²) in [5.74, 6) is 0. The van der Waals surface area contributed by atoms with Crippen molar-refractivity contribution in [3.8, 4) is 0 Å². The largest absolute Gasteiger partial charge is 0.379 e. The Morgan fingerprint density at radius 2 is 1.69 bits per heavy atom. The summed E-state index contributed by atoms with van der Waals surface area (Å²) in [6.07, 6.45) is 0. The second-order valence-corrected chi connectivity index (χ2v) is 7.21. The average Bonchev–Trinajstić information content (AvgIpc) is 2.70. The molecule has 8 heteroatoms. The minimum atomic E-state index is -0.205. The lowest BCUT2D eigenvalue weighted by molar-refractivity contribution is 0.0331. The minimum Gasteiger partial charge on any atom is -0.379 e. The van der Waals surface area contributed by atoms with Gasteiger partial charge in [-0.2, -0.15) is 5.10 Å². The molecule has 1 aromatic carbocycles. The Balaban J connectivity index is 1.36. The van der Waals surface area contributed by atoms with Gasteiger partial charge in [0.1, 0.15) is 0 Å². The number of hydrogen-bond donors (Lipinski definition) is 1. The third kappa shape index (κ3) is 3.86. The van der Waals surface area contributed by atoms with E-state index in [2.05, 4.69) is 24.9 Å². The van der Waals surface area contributed by atoms with Gasteiger partial charge in [0.25, 0.3) is 5.56 Å². The van der Waals surface area contributed by atoms with Gasteiger partial charge in [-0.1, -0.05) is 11.6 Å². The van der Waals surface area contributed by atoms with E-state index in [-0.39, 0.29) is 5.56 Å². The summed E-state index contributed by atoms with van der Waals surface area (Å²) in [6, 6.07) is 5.81. The van der Waals surface area contributed by atoms with E-state index in [9.17, 15) is 4.79 Å². The molecule has 1 N–H and O–H groups in total. The van der Waals surface area contributed by atoms with Gasteiger partial charge in [-0.25, -0.2) is 5.10 Å². The molecule has 7 nitrogen and oxygen atoms in total. The Morgan fingerprint density at radius 3 is 2.42 bits per heavy atom. The van der Waals surface area contributed by atoms with Crippen molar-refractivity contribution < 1.29 is 4.74 Å². The molecule has 26 heavy (non-hydrogen) atoms. The standard InChI is InChI=1S/C18H24ClN5O2/c19-17-16-13-14(1-2-15(16)18(25)21-20-17)24-7-5-22(6-8-24)3-4-23-9-11-26-12-10-23/h1-2,13H,3-12H2,(H,21,25). The first-order valence-electron chi connectivity index (χ1n) is 9.16. The van der Waals surface area contributed by atoms with E-state index >= 15 is 0 Å². The molecule has 2 aromatic rings. The molecule has 0 saturated carbocycles. The zero-order chi connectivity index (χ0) is 17.9. The second-order valence-electron chi connectivity index (χ2n) is 6.86. The summed E-state index contributed by atoms with van der Waals surface area (Å²) >= 11 is 6.16. The first kappa shape index (κ1) is 17.7. The van der Waals surface area contributed by atoms with E-state index in [0.717, 1.165) is 71.3 Å². The van der Waals surface area contributed by atoms with Crippen LogP contribution in [-0.2, 0) is 4.74 Å². The molecule has 0 amide bonds. The van der Waals surface area contributed by atoms with Crippen molar-refractivity contribution in [2.24, 2.45) is 0 Å². The number of fused-ring (bicyclic) bond motifs is 1. The van der Waals surface area contributed by atoms with Gasteiger partial charge in [-0.3, -0.25) is 14.6 Å². The minimum absolute atomic E-state index is 0.205. The Labute approximate surface area is 157 Å². The number of H-pyrrole nitrogens is 1. The van der Waals surface area contributed by atoms with Crippen LogP contribution in [0.1, 0.15) is 0 Å². The molecule has 0 bridgehead atoms. The number of nitrogens with one attached hydrogen (secondary N) is 1. The molecule has 0 aliphatic carbocycles. The quantitative estimate of drug-likeness (QED) is 0.858. The summed E-state index contributed by atoms with van der Waals surface area (Å²) in [5.41, 5.74) is 0.892. The number of rotatable bonds is 4. The van der Waals surface area contributed by atoms with Crippen LogP contribution in [0.15, 0.2) is 23.0 Å². The van der Waals surface area contributed by atoms with Crippen LogP contribution in [0.25, 0.3) is 10.8 Å². The Morgan fingerprint density at radius 1 is 1.00 bits per heavy atom. The number of benzene rings is 1. The van der Waals surface area contributed by atoms with Crippen molar-refractivity contribution in [2.45, 2.75) is 0 Å². The van der Waals surface area contributed by atoms with Gasteiger partial charge >= 0.3 is 0 Å². The smallest absolute Gasteiger partial charge is 0.272 e. The summed E-state index contributed by atoms with van der Waals surface area (Å²) in [7, 11) is 0. The topological polar surface area (TPSA) is 64.7 Å². The van der Waals surface area contributed by atoms with Crippen LogP contribution in [0.3, 0.4) is 0 Å². The van der Waals surface area contributed by atoms with E-state index in [1.54, 1.807) is 0 Å². The number of piperazine rings is 1. The third-order valence-electron chi connectivity index (χ3n) is 5.30. The number of aromatic nitrogens is 2. The van der Waals surface area contributed by atoms with E-state index in [1.165, 1.54) is 0 Å². The zero-order valence-electron chi connectivity index (χ0n) is 14.8. The number of morpholine rings is 1. The summed E-state index contributed by atoms with van der Waals surface area (Å²) in [4.78, 5) is 19.2. The molecule has 2 aliphatic heterocycles. The fraction of sp³-hybridized carbons (Fsp3) is 0.556. The first-order valence-corrected chi connectivity index (χ1v) is 9.54. The van der Waals surface area contributed by atoms with Gasteiger partial charge in [-0.05, 0) is 18.2 Å². The maximum atomic E-state index is 11.9. The van der Waals surface area contributed by atoms with Gasteiger partial charge in [0.05, 0.1) is 18.6 Å². The van der Waals surface area contributed by atoms with Crippen molar-refractivity contribution in [3.63, 3.8) is 0 Å². The monoisotopic (exact) mass is 377 g/mol. The van der Waals surface area contributed by atoms with Crippen LogP contribution >= 0.6 is 11.6 Å². The number of halogens is 1. The summed E-state index contributed by atoms with van der Waals surface area (Å²) in [5, 5.41) is 7.91. The molecule has 0 spiro atoms. The van der Waals surface area contributed by atoms with Crippen molar-refractivity contribution in [3.05, 3.63) is 33.7 Å². The molecule has 0 atom stereocenters. The normalized spacial score (nSPS) is 20.0. The van der Waals surface area contributed by atoms with Crippen molar-refractivity contribution in [1.82, 2.24) is 20.0 Å². The Kier molecular flexibility index (Phi) is 5.40. The van der Waals surface area contributed by atoms with Crippen LogP contribution in [0.2, 0.25) is 5.15 Å². The SMILES string of the molecule is O=c1[nH]nc(Cl)c2cc(N3CCN(CCN4CCOCC4)CC3)ccc12. The lowest BCUT2D eigenvalue weighted by Gasteiger charge is -2.37. The highest BCUT2D eigenvalue weighted by Crippen LogP contribution is 2.25. The van der Waals surface area contributed by atoms with E-state index in [0.29, 0.717) is 15.9 Å². The first-order chi connectivity index (χ1) is 12.7. The van der Waals surface area contributed by atoms with E-state index in [4.69, 9.17) is 16.3 Å². The molecule has 1 aromatic heterocycles. The van der Waals surface area contributed by atoms with Gasteiger partial charge in [-0.15, -0.1) is 0 Å². The van der Waals surface area contributed by atoms with Crippen LogP contribution in [0, 0.1) is 0 Å². The molecule has 0 radical (unpaired) electrons. The fourth-order valence-electron chi connectivity index (χ4n) is 3.66. The predicted molar refractivity (Wildman–Crippen MR) is 103 cm³/mol. The van der Waals surface area contributed by atoms with Gasteiger partial charge in [0, 0.05) is 63.4 Å². The molecule has 2 saturated heterocycles. The van der Waals surface area contributed by atoms with Crippen LogP contribution in [0.4, 0.5) is 5.69 Å². The zero-order valence-corrected chi connectivity index (χ0v) is 15.5. The highest BCUT2D eigenvalue weighted by molar-refractivity contribution is 6.34. The fourth-order valence-corrected chi connectivity index (χ4v) is 3.85. The lowest BCUT2D eigenvalue weighted by atomic mass is 10.1. The number of nitrogens with zero attached hydrogens (tertiary/aromatic N) is 4. The van der Waals surface area contributed by atoms with Crippen LogP contribution in [0.5, 0.6) is 0 Å². The maximum absolute atomic E-state index is 11.9. The van der Waals surface area contributed by atoms with Crippen LogP contribution in [-0.4, -0.2) is 85.6 Å². The molecule has 140 valence electrons. The molecule has 2 aliphatic rings. The molecule has 0 unspecified atom stereocenters. The highest BCUT2D eigenvalue weighted by Gasteiger charge is 2.19. The molecule has 4 rings (SSSR count). The maximum Gasteiger partial charge on any atom is 0.272 e. The molecular formula is C18H24ClN5O2. The summed E-state index contributed by atoms with van der Waals surface area (Å²) in [6.45, 7) is 10.1. The molecular weight excluding hydrogens is 354 g/mol. The predicted octanol–water partition coefficient (Wildman–Crippen LogP) is 1.03. The number of hydrogen-bond acceptors (Lipinski definition) is 6. The number of aromatic amines is 1. The van der Waals surface area contributed by atoms with Crippen molar-refractivity contribution >= 4 is 28.1 Å².